The second kappa shape index (κ2) is 11.4. The predicted molar refractivity (Wildman–Crippen MR) is 126 cm³/mol. The number of morpholine rings is 1. The molecular weight excluding hydrogens is 499 g/mol. The highest BCUT2D eigenvalue weighted by Gasteiger charge is 2.35. The van der Waals surface area contributed by atoms with Gasteiger partial charge in [-0.05, 0) is 43.5 Å². The van der Waals surface area contributed by atoms with E-state index in [1.807, 2.05) is 6.07 Å². The summed E-state index contributed by atoms with van der Waals surface area (Å²) in [7, 11) is 0. The minimum absolute atomic E-state index is 0. The Morgan fingerprint density at radius 2 is 1.80 bits per heavy atom. The van der Waals surface area contributed by atoms with E-state index in [0.29, 0.717) is 12.5 Å². The molecule has 3 aliphatic rings. The lowest BCUT2D eigenvalue weighted by molar-refractivity contribution is 0.0376. The Hall–Kier alpha value is -1.30. The number of hydrogen-bond acceptors (Lipinski definition) is 6. The van der Waals surface area contributed by atoms with Gasteiger partial charge in [0.05, 0.1) is 19.8 Å². The van der Waals surface area contributed by atoms with E-state index in [2.05, 4.69) is 22.3 Å². The molecule has 0 aromatic heterocycles. The molecule has 168 valence electrons. The van der Waals surface area contributed by atoms with Gasteiger partial charge in [-0.2, -0.15) is 0 Å². The summed E-state index contributed by atoms with van der Waals surface area (Å²) in [4.78, 5) is 7.12. The number of hydrogen-bond donors (Lipinski definition) is 2. The fourth-order valence-corrected chi connectivity index (χ4v) is 4.16. The number of halogens is 1. The molecular formula is C21H33IN4O4. The zero-order valence-electron chi connectivity index (χ0n) is 17.4. The van der Waals surface area contributed by atoms with Crippen LogP contribution < -0.4 is 20.5 Å². The van der Waals surface area contributed by atoms with Gasteiger partial charge < -0.3 is 30.0 Å². The SMILES string of the molecule is I.NC(=NCC1(c2ccc3c(c2)OCO3)CCOCC1)NCCCN1CCOCC1. The van der Waals surface area contributed by atoms with E-state index >= 15 is 0 Å². The highest BCUT2D eigenvalue weighted by atomic mass is 127. The summed E-state index contributed by atoms with van der Waals surface area (Å²) in [6.45, 7) is 7.98. The minimum Gasteiger partial charge on any atom is -0.454 e. The number of nitrogens with one attached hydrogen (secondary N) is 1. The largest absolute Gasteiger partial charge is 0.454 e. The number of ether oxygens (including phenoxy) is 4. The van der Waals surface area contributed by atoms with Gasteiger partial charge >= 0.3 is 0 Å². The first kappa shape index (κ1) is 23.4. The first-order valence-corrected chi connectivity index (χ1v) is 10.6. The zero-order valence-corrected chi connectivity index (χ0v) is 19.8. The van der Waals surface area contributed by atoms with Crippen LogP contribution >= 0.6 is 24.0 Å². The van der Waals surface area contributed by atoms with Crippen molar-refractivity contribution in [3.63, 3.8) is 0 Å². The summed E-state index contributed by atoms with van der Waals surface area (Å²) in [6.07, 6.45) is 2.87. The molecule has 3 N–H and O–H groups in total. The van der Waals surface area contributed by atoms with Crippen LogP contribution in [0.4, 0.5) is 0 Å². The molecule has 30 heavy (non-hydrogen) atoms. The third kappa shape index (κ3) is 5.89. The third-order valence-corrected chi connectivity index (χ3v) is 6.05. The molecule has 2 fully saturated rings. The van der Waals surface area contributed by atoms with E-state index in [1.165, 1.54) is 5.56 Å². The number of benzene rings is 1. The lowest BCUT2D eigenvalue weighted by Crippen LogP contribution is -2.40. The lowest BCUT2D eigenvalue weighted by atomic mass is 9.74. The molecule has 0 bridgehead atoms. The second-order valence-electron chi connectivity index (χ2n) is 7.90. The topological polar surface area (TPSA) is 90.6 Å². The third-order valence-electron chi connectivity index (χ3n) is 6.05. The Kier molecular flexibility index (Phi) is 8.84. The standard InChI is InChI=1S/C21H32N4O4.HI/c22-20(23-6-1-7-25-8-12-27-13-9-25)24-15-21(4-10-26-11-5-21)17-2-3-18-19(14-17)29-16-28-18;/h2-3,14H,1,4-13,15-16H2,(H3,22,23,24);1H. The van der Waals surface area contributed by atoms with Crippen molar-refractivity contribution in [1.82, 2.24) is 10.2 Å². The molecule has 2 saturated heterocycles. The van der Waals surface area contributed by atoms with E-state index in [4.69, 9.17) is 29.7 Å². The number of fused-ring (bicyclic) bond motifs is 1. The van der Waals surface area contributed by atoms with Crippen LogP contribution in [0.3, 0.4) is 0 Å². The molecule has 3 heterocycles. The smallest absolute Gasteiger partial charge is 0.231 e. The maximum absolute atomic E-state index is 6.17. The summed E-state index contributed by atoms with van der Waals surface area (Å²) < 4.78 is 22.0. The van der Waals surface area contributed by atoms with Gasteiger partial charge in [0, 0.05) is 38.3 Å². The van der Waals surface area contributed by atoms with Crippen molar-refractivity contribution in [2.24, 2.45) is 10.7 Å². The van der Waals surface area contributed by atoms with Gasteiger partial charge in [-0.15, -0.1) is 24.0 Å². The van der Waals surface area contributed by atoms with Crippen molar-refractivity contribution in [3.05, 3.63) is 23.8 Å². The van der Waals surface area contributed by atoms with Gasteiger partial charge in [0.15, 0.2) is 17.5 Å². The normalized spacial score (nSPS) is 21.1. The summed E-state index contributed by atoms with van der Waals surface area (Å²) in [6, 6.07) is 6.21. The second-order valence-corrected chi connectivity index (χ2v) is 7.90. The number of guanidine groups is 1. The van der Waals surface area contributed by atoms with Crippen molar-refractivity contribution in [2.75, 3.05) is 65.9 Å². The van der Waals surface area contributed by atoms with Crippen LogP contribution in [0.5, 0.6) is 11.5 Å². The molecule has 9 heteroatoms. The molecule has 1 aromatic carbocycles. The van der Waals surface area contributed by atoms with Gasteiger partial charge in [-0.3, -0.25) is 9.89 Å². The summed E-state index contributed by atoms with van der Waals surface area (Å²) in [5.74, 6) is 2.13. The van der Waals surface area contributed by atoms with E-state index in [9.17, 15) is 0 Å². The van der Waals surface area contributed by atoms with Crippen LogP contribution in [-0.2, 0) is 14.9 Å². The minimum atomic E-state index is -0.0840. The van der Waals surface area contributed by atoms with E-state index < -0.39 is 0 Å². The number of rotatable bonds is 7. The maximum Gasteiger partial charge on any atom is 0.231 e. The van der Waals surface area contributed by atoms with Crippen molar-refractivity contribution >= 4 is 29.9 Å². The van der Waals surface area contributed by atoms with Crippen molar-refractivity contribution in [1.29, 1.82) is 0 Å². The van der Waals surface area contributed by atoms with E-state index in [1.54, 1.807) is 0 Å². The number of nitrogens with two attached hydrogens (primary N) is 1. The molecule has 0 amide bonds. The predicted octanol–water partition coefficient (Wildman–Crippen LogP) is 1.71. The summed E-state index contributed by atoms with van der Waals surface area (Å²) >= 11 is 0. The molecule has 0 atom stereocenters. The van der Waals surface area contributed by atoms with Crippen LogP contribution in [0.1, 0.15) is 24.8 Å². The molecule has 0 aliphatic carbocycles. The van der Waals surface area contributed by atoms with Crippen LogP contribution in [0, 0.1) is 0 Å². The van der Waals surface area contributed by atoms with Crippen molar-refractivity contribution in [2.45, 2.75) is 24.7 Å². The molecule has 0 spiro atoms. The Bertz CT molecular complexity index is 706. The molecule has 3 aliphatic heterocycles. The Morgan fingerprint density at radius 1 is 1.07 bits per heavy atom. The molecule has 4 rings (SSSR count). The average Bonchev–Trinajstić information content (AvgIpc) is 3.25. The Balaban J connectivity index is 0.00000256. The van der Waals surface area contributed by atoms with Gasteiger partial charge in [0.1, 0.15) is 0 Å². The van der Waals surface area contributed by atoms with Crippen LogP contribution in [0.15, 0.2) is 23.2 Å². The van der Waals surface area contributed by atoms with Crippen LogP contribution in [0.25, 0.3) is 0 Å². The molecule has 0 unspecified atom stereocenters. The first-order valence-electron chi connectivity index (χ1n) is 10.6. The monoisotopic (exact) mass is 532 g/mol. The summed E-state index contributed by atoms with van der Waals surface area (Å²) in [5, 5.41) is 3.27. The molecule has 0 radical (unpaired) electrons. The number of nitrogens with zero attached hydrogens (tertiary/aromatic N) is 2. The van der Waals surface area contributed by atoms with Crippen LogP contribution in [-0.4, -0.2) is 76.8 Å². The molecule has 0 saturated carbocycles. The van der Waals surface area contributed by atoms with E-state index in [-0.39, 0.29) is 36.2 Å². The van der Waals surface area contributed by atoms with Gasteiger partial charge in [0.2, 0.25) is 6.79 Å². The molecule has 1 aromatic rings. The Labute approximate surface area is 195 Å². The van der Waals surface area contributed by atoms with Crippen LogP contribution in [0.2, 0.25) is 0 Å². The van der Waals surface area contributed by atoms with Gasteiger partial charge in [-0.1, -0.05) is 6.07 Å². The maximum atomic E-state index is 6.17. The first-order chi connectivity index (χ1) is 14.3. The fourth-order valence-electron chi connectivity index (χ4n) is 4.16. The van der Waals surface area contributed by atoms with Crippen molar-refractivity contribution in [3.8, 4) is 11.5 Å². The highest BCUT2D eigenvalue weighted by molar-refractivity contribution is 14.0. The quantitative estimate of drug-likeness (QED) is 0.239. The van der Waals surface area contributed by atoms with Gasteiger partial charge in [0.25, 0.3) is 0 Å². The average molecular weight is 532 g/mol. The van der Waals surface area contributed by atoms with Gasteiger partial charge in [-0.25, -0.2) is 0 Å². The Morgan fingerprint density at radius 3 is 2.60 bits per heavy atom. The summed E-state index contributed by atoms with van der Waals surface area (Å²) in [5.41, 5.74) is 7.30. The lowest BCUT2D eigenvalue weighted by Gasteiger charge is -2.36. The van der Waals surface area contributed by atoms with Crippen molar-refractivity contribution < 1.29 is 18.9 Å². The molecule has 8 nitrogen and oxygen atoms in total. The fraction of sp³-hybridized carbons (Fsp3) is 0.667. The van der Waals surface area contributed by atoms with E-state index in [0.717, 1.165) is 83.4 Å². The highest BCUT2D eigenvalue weighted by Crippen LogP contribution is 2.41. The zero-order chi connectivity index (χ0) is 19.9. The number of aliphatic imine (C=N–C) groups is 1.